The van der Waals surface area contributed by atoms with Gasteiger partial charge in [0.15, 0.2) is 11.5 Å². The van der Waals surface area contributed by atoms with Crippen molar-refractivity contribution >= 4 is 51.3 Å². The maximum atomic E-state index is 12.7. The highest BCUT2D eigenvalue weighted by Gasteiger charge is 2.38. The van der Waals surface area contributed by atoms with E-state index in [9.17, 15) is 4.79 Å². The third kappa shape index (κ3) is 3.16. The number of amides is 1. The molecule has 7 nitrogen and oxygen atoms in total. The molecule has 1 saturated carbocycles. The summed E-state index contributed by atoms with van der Waals surface area (Å²) in [6.45, 7) is 4.26. The molecule has 2 fully saturated rings. The zero-order valence-corrected chi connectivity index (χ0v) is 18.6. The summed E-state index contributed by atoms with van der Waals surface area (Å²) in [5, 5.41) is 12.6. The molecule has 158 valence electrons. The summed E-state index contributed by atoms with van der Waals surface area (Å²) in [5.41, 5.74) is 1.56. The summed E-state index contributed by atoms with van der Waals surface area (Å²) in [5.74, 6) is 2.13. The van der Waals surface area contributed by atoms with Gasteiger partial charge in [0, 0.05) is 42.0 Å². The number of thiophene rings is 1. The lowest BCUT2D eigenvalue weighted by Gasteiger charge is -2.40. The molecule has 1 aliphatic heterocycles. The van der Waals surface area contributed by atoms with Gasteiger partial charge in [0.25, 0.3) is 0 Å². The highest BCUT2D eigenvalue weighted by atomic mass is 35.5. The molecule has 6 rings (SSSR count). The van der Waals surface area contributed by atoms with Crippen LogP contribution in [-0.2, 0) is 4.79 Å². The molecule has 31 heavy (non-hydrogen) atoms. The minimum atomic E-state index is 0.121. The molecule has 9 heteroatoms. The van der Waals surface area contributed by atoms with Gasteiger partial charge in [0.05, 0.1) is 10.4 Å². The minimum Gasteiger partial charge on any atom is -0.338 e. The number of nitrogens with zero attached hydrogens (tertiary/aromatic N) is 6. The standard InChI is InChI=1S/C22H21ClN6OS/c1-13-12-27(8-9-28(13)21(30)14-4-5-14)22-24-17-11-15(23)6-7-16(17)19-25-26-20(29(19)22)18-3-2-10-31-18/h2-3,6-7,10-11,13-14H,4-5,8-9,12H2,1H3/t13-/m0/s1. The van der Waals surface area contributed by atoms with Gasteiger partial charge < -0.3 is 9.80 Å². The first-order valence-electron chi connectivity index (χ1n) is 10.5. The summed E-state index contributed by atoms with van der Waals surface area (Å²) < 4.78 is 2.05. The number of aromatic nitrogens is 4. The number of carbonyl (C=O) groups excluding carboxylic acids is 1. The summed E-state index contributed by atoms with van der Waals surface area (Å²) in [6, 6.07) is 9.86. The highest BCUT2D eigenvalue weighted by molar-refractivity contribution is 7.13. The number of benzene rings is 1. The van der Waals surface area contributed by atoms with E-state index in [1.54, 1.807) is 11.3 Å². The van der Waals surface area contributed by atoms with Gasteiger partial charge in [-0.1, -0.05) is 17.7 Å². The molecular formula is C22H21ClN6OS. The predicted octanol–water partition coefficient (Wildman–Crippen LogP) is 4.11. The van der Waals surface area contributed by atoms with Crippen LogP contribution in [0, 0.1) is 5.92 Å². The van der Waals surface area contributed by atoms with Crippen LogP contribution in [0.3, 0.4) is 0 Å². The molecule has 4 aromatic rings. The Hall–Kier alpha value is -2.71. The summed E-state index contributed by atoms with van der Waals surface area (Å²) in [4.78, 5) is 23.0. The number of anilines is 1. The first-order chi connectivity index (χ1) is 15.1. The zero-order chi connectivity index (χ0) is 21.1. The second-order valence-corrected chi connectivity index (χ2v) is 9.72. The van der Waals surface area contributed by atoms with Gasteiger partial charge >= 0.3 is 0 Å². The van der Waals surface area contributed by atoms with Crippen molar-refractivity contribution in [1.82, 2.24) is 24.5 Å². The normalized spacial score (nSPS) is 19.5. The van der Waals surface area contributed by atoms with E-state index in [2.05, 4.69) is 22.0 Å². The fourth-order valence-corrected chi connectivity index (χ4v) is 5.27. The quantitative estimate of drug-likeness (QED) is 0.468. The van der Waals surface area contributed by atoms with Crippen LogP contribution in [0.4, 0.5) is 5.95 Å². The smallest absolute Gasteiger partial charge is 0.226 e. The van der Waals surface area contributed by atoms with Crippen LogP contribution >= 0.6 is 22.9 Å². The van der Waals surface area contributed by atoms with E-state index in [0.717, 1.165) is 52.6 Å². The van der Waals surface area contributed by atoms with E-state index in [1.165, 1.54) is 0 Å². The summed E-state index contributed by atoms with van der Waals surface area (Å²) in [7, 11) is 0. The molecule has 0 spiro atoms. The Morgan fingerprint density at radius 2 is 2.06 bits per heavy atom. The molecule has 0 N–H and O–H groups in total. The second kappa shape index (κ2) is 7.17. The minimum absolute atomic E-state index is 0.121. The molecule has 1 aromatic carbocycles. The van der Waals surface area contributed by atoms with Gasteiger partial charge in [-0.15, -0.1) is 21.5 Å². The molecule has 4 heterocycles. The number of fused-ring (bicyclic) bond motifs is 3. The van der Waals surface area contributed by atoms with Crippen molar-refractivity contribution in [1.29, 1.82) is 0 Å². The van der Waals surface area contributed by atoms with Crippen molar-refractivity contribution in [2.45, 2.75) is 25.8 Å². The van der Waals surface area contributed by atoms with Crippen molar-refractivity contribution in [2.75, 3.05) is 24.5 Å². The highest BCUT2D eigenvalue weighted by Crippen LogP contribution is 2.34. The van der Waals surface area contributed by atoms with E-state index in [0.29, 0.717) is 24.0 Å². The Morgan fingerprint density at radius 1 is 1.19 bits per heavy atom. The molecule has 1 atom stereocenters. The van der Waals surface area contributed by atoms with E-state index in [1.807, 2.05) is 45.0 Å². The fraction of sp³-hybridized carbons (Fsp3) is 0.364. The molecule has 1 saturated heterocycles. The lowest BCUT2D eigenvalue weighted by Crippen LogP contribution is -2.55. The third-order valence-electron chi connectivity index (χ3n) is 6.15. The van der Waals surface area contributed by atoms with Crippen LogP contribution in [-0.4, -0.2) is 56.1 Å². The zero-order valence-electron chi connectivity index (χ0n) is 17.0. The molecule has 1 aliphatic carbocycles. The number of piperazine rings is 1. The Morgan fingerprint density at radius 3 is 2.81 bits per heavy atom. The maximum absolute atomic E-state index is 12.7. The SMILES string of the molecule is C[C@H]1CN(c2nc3cc(Cl)ccc3c3nnc(-c4cccs4)n23)CCN1C(=O)C1CC1. The van der Waals surface area contributed by atoms with Crippen LogP contribution in [0.25, 0.3) is 27.3 Å². The van der Waals surface area contributed by atoms with Gasteiger partial charge in [-0.3, -0.25) is 4.79 Å². The van der Waals surface area contributed by atoms with Gasteiger partial charge in [-0.25, -0.2) is 9.38 Å². The number of halogens is 1. The average Bonchev–Trinajstić information content (AvgIpc) is 3.29. The first-order valence-corrected chi connectivity index (χ1v) is 11.8. The number of rotatable bonds is 3. The van der Waals surface area contributed by atoms with Gasteiger partial charge in [-0.05, 0) is 49.4 Å². The monoisotopic (exact) mass is 452 g/mol. The maximum Gasteiger partial charge on any atom is 0.226 e. The summed E-state index contributed by atoms with van der Waals surface area (Å²) >= 11 is 7.90. The topological polar surface area (TPSA) is 66.6 Å². The van der Waals surface area contributed by atoms with E-state index in [-0.39, 0.29) is 12.0 Å². The number of hydrogen-bond acceptors (Lipinski definition) is 6. The largest absolute Gasteiger partial charge is 0.338 e. The number of hydrogen-bond donors (Lipinski definition) is 0. The Balaban J connectivity index is 1.48. The molecule has 3 aromatic heterocycles. The van der Waals surface area contributed by atoms with Crippen molar-refractivity contribution in [3.05, 3.63) is 40.7 Å². The molecule has 1 amide bonds. The van der Waals surface area contributed by atoms with Crippen LogP contribution in [0.5, 0.6) is 0 Å². The Kier molecular flexibility index (Phi) is 4.40. The van der Waals surface area contributed by atoms with Crippen LogP contribution in [0.15, 0.2) is 35.7 Å². The lowest BCUT2D eigenvalue weighted by molar-refractivity contribution is -0.134. The van der Waals surface area contributed by atoms with Crippen LogP contribution < -0.4 is 4.90 Å². The lowest BCUT2D eigenvalue weighted by atomic mass is 10.1. The van der Waals surface area contributed by atoms with E-state index in [4.69, 9.17) is 16.6 Å². The average molecular weight is 453 g/mol. The van der Waals surface area contributed by atoms with Crippen molar-refractivity contribution in [3.63, 3.8) is 0 Å². The van der Waals surface area contributed by atoms with Gasteiger partial charge in [-0.2, -0.15) is 0 Å². The Bertz CT molecular complexity index is 1300. The van der Waals surface area contributed by atoms with Crippen molar-refractivity contribution in [2.24, 2.45) is 5.92 Å². The molecular weight excluding hydrogens is 432 g/mol. The van der Waals surface area contributed by atoms with Gasteiger partial charge in [0.1, 0.15) is 0 Å². The summed E-state index contributed by atoms with van der Waals surface area (Å²) in [6.07, 6.45) is 2.06. The predicted molar refractivity (Wildman–Crippen MR) is 123 cm³/mol. The van der Waals surface area contributed by atoms with Crippen LogP contribution in [0.1, 0.15) is 19.8 Å². The fourth-order valence-electron chi connectivity index (χ4n) is 4.40. The van der Waals surface area contributed by atoms with Crippen molar-refractivity contribution in [3.8, 4) is 10.7 Å². The molecule has 0 radical (unpaired) electrons. The van der Waals surface area contributed by atoms with Crippen LogP contribution in [0.2, 0.25) is 5.02 Å². The van der Waals surface area contributed by atoms with E-state index >= 15 is 0 Å². The van der Waals surface area contributed by atoms with Crippen molar-refractivity contribution < 1.29 is 4.79 Å². The number of carbonyl (C=O) groups is 1. The third-order valence-corrected chi connectivity index (χ3v) is 7.25. The molecule has 0 unspecified atom stereocenters. The van der Waals surface area contributed by atoms with Gasteiger partial charge in [0.2, 0.25) is 11.9 Å². The molecule has 2 aliphatic rings. The second-order valence-electron chi connectivity index (χ2n) is 8.33. The Labute approximate surface area is 188 Å². The van der Waals surface area contributed by atoms with E-state index < -0.39 is 0 Å². The first kappa shape index (κ1) is 19.0. The molecule has 0 bridgehead atoms.